The molecule has 0 spiro atoms. The van der Waals surface area contributed by atoms with Gasteiger partial charge in [-0.2, -0.15) is 0 Å². The highest BCUT2D eigenvalue weighted by atomic mass is 35.5. The number of carbonyl (C=O) groups excluding carboxylic acids is 1. The fourth-order valence-corrected chi connectivity index (χ4v) is 2.49. The Labute approximate surface area is 113 Å². The van der Waals surface area contributed by atoms with Gasteiger partial charge < -0.3 is 10.5 Å². The van der Waals surface area contributed by atoms with Crippen LogP contribution in [0.25, 0.3) is 10.6 Å². The number of rotatable bonds is 5. The molecule has 0 atom stereocenters. The summed E-state index contributed by atoms with van der Waals surface area (Å²) in [5, 5.41) is 2.71. The topological polar surface area (TPSA) is 65.2 Å². The fraction of sp³-hybridized carbons (Fsp3) is 0.167. The minimum atomic E-state index is -0.509. The molecule has 0 radical (unpaired) electrons. The number of carbonyl (C=O) groups is 1. The van der Waals surface area contributed by atoms with E-state index in [0.717, 1.165) is 16.3 Å². The molecule has 2 aromatic rings. The third-order valence-corrected chi connectivity index (χ3v) is 3.37. The van der Waals surface area contributed by atoms with Gasteiger partial charge in [-0.3, -0.25) is 4.79 Å². The molecule has 94 valence electrons. The van der Waals surface area contributed by atoms with Gasteiger partial charge in [0.15, 0.2) is 6.61 Å². The number of hydrogen-bond donors (Lipinski definition) is 1. The number of halogens is 1. The zero-order valence-electron chi connectivity index (χ0n) is 9.43. The van der Waals surface area contributed by atoms with Crippen LogP contribution >= 0.6 is 22.9 Å². The van der Waals surface area contributed by atoms with Crippen LogP contribution < -0.4 is 10.5 Å². The molecule has 0 saturated carbocycles. The molecule has 0 bridgehead atoms. The van der Waals surface area contributed by atoms with E-state index in [9.17, 15) is 4.79 Å². The van der Waals surface area contributed by atoms with Crippen molar-refractivity contribution in [2.75, 3.05) is 6.61 Å². The highest BCUT2D eigenvalue weighted by Crippen LogP contribution is 2.32. The van der Waals surface area contributed by atoms with Crippen molar-refractivity contribution in [3.8, 4) is 16.3 Å². The van der Waals surface area contributed by atoms with Gasteiger partial charge in [0, 0.05) is 5.38 Å². The maximum atomic E-state index is 10.7. The van der Waals surface area contributed by atoms with E-state index in [1.165, 1.54) is 11.3 Å². The van der Waals surface area contributed by atoms with Gasteiger partial charge in [0.25, 0.3) is 5.91 Å². The molecule has 0 aliphatic carbocycles. The molecule has 1 amide bonds. The van der Waals surface area contributed by atoms with Crippen LogP contribution in [0.4, 0.5) is 0 Å². The number of hydrogen-bond acceptors (Lipinski definition) is 4. The SMILES string of the molecule is NC(=O)COc1ccccc1-c1nc(CCl)cs1. The second-order valence-corrected chi connectivity index (χ2v) is 4.65. The molecule has 1 heterocycles. The monoisotopic (exact) mass is 282 g/mol. The van der Waals surface area contributed by atoms with Crippen LogP contribution in [0.1, 0.15) is 5.69 Å². The van der Waals surface area contributed by atoms with Crippen LogP contribution in [0.3, 0.4) is 0 Å². The number of benzene rings is 1. The van der Waals surface area contributed by atoms with Crippen molar-refractivity contribution in [1.82, 2.24) is 4.98 Å². The number of amides is 1. The molecule has 0 aliphatic heterocycles. The summed E-state index contributed by atoms with van der Waals surface area (Å²) in [4.78, 5) is 15.1. The predicted molar refractivity (Wildman–Crippen MR) is 71.8 cm³/mol. The van der Waals surface area contributed by atoms with E-state index in [-0.39, 0.29) is 6.61 Å². The van der Waals surface area contributed by atoms with Crippen molar-refractivity contribution in [3.63, 3.8) is 0 Å². The predicted octanol–water partition coefficient (Wildman–Crippen LogP) is 2.41. The molecule has 2 rings (SSSR count). The maximum absolute atomic E-state index is 10.7. The normalized spacial score (nSPS) is 10.3. The summed E-state index contributed by atoms with van der Waals surface area (Å²) < 4.78 is 5.36. The largest absolute Gasteiger partial charge is 0.483 e. The molecule has 0 aliphatic rings. The molecule has 0 unspecified atom stereocenters. The number of nitrogens with two attached hydrogens (primary N) is 1. The first-order valence-electron chi connectivity index (χ1n) is 5.21. The third-order valence-electron chi connectivity index (χ3n) is 2.18. The smallest absolute Gasteiger partial charge is 0.255 e. The molecular formula is C12H11ClN2O2S. The van der Waals surface area contributed by atoms with Crippen LogP contribution in [-0.4, -0.2) is 17.5 Å². The van der Waals surface area contributed by atoms with Crippen LogP contribution in [0, 0.1) is 0 Å². The number of nitrogens with zero attached hydrogens (tertiary/aromatic N) is 1. The Hall–Kier alpha value is -1.59. The van der Waals surface area contributed by atoms with Gasteiger partial charge >= 0.3 is 0 Å². The van der Waals surface area contributed by atoms with Gasteiger partial charge in [-0.1, -0.05) is 12.1 Å². The summed E-state index contributed by atoms with van der Waals surface area (Å²) in [6.07, 6.45) is 0. The van der Waals surface area contributed by atoms with Crippen molar-refractivity contribution in [2.24, 2.45) is 5.73 Å². The molecule has 4 nitrogen and oxygen atoms in total. The minimum absolute atomic E-state index is 0.148. The Bertz CT molecular complexity index is 557. The fourth-order valence-electron chi connectivity index (χ4n) is 1.41. The molecule has 0 saturated heterocycles. The van der Waals surface area contributed by atoms with Gasteiger partial charge in [0.05, 0.1) is 17.1 Å². The molecule has 18 heavy (non-hydrogen) atoms. The molecule has 2 N–H and O–H groups in total. The van der Waals surface area contributed by atoms with Crippen molar-refractivity contribution >= 4 is 28.8 Å². The number of thiazole rings is 1. The van der Waals surface area contributed by atoms with E-state index < -0.39 is 5.91 Å². The van der Waals surface area contributed by atoms with Crippen LogP contribution in [-0.2, 0) is 10.7 Å². The van der Waals surface area contributed by atoms with Crippen molar-refractivity contribution in [3.05, 3.63) is 35.3 Å². The second kappa shape index (κ2) is 5.84. The number of para-hydroxylation sites is 1. The molecule has 6 heteroatoms. The second-order valence-electron chi connectivity index (χ2n) is 3.53. The zero-order chi connectivity index (χ0) is 13.0. The summed E-state index contributed by atoms with van der Waals surface area (Å²) in [6, 6.07) is 7.37. The molecular weight excluding hydrogens is 272 g/mol. The summed E-state index contributed by atoms with van der Waals surface area (Å²) >= 11 is 7.21. The summed E-state index contributed by atoms with van der Waals surface area (Å²) in [5.41, 5.74) is 6.71. The van der Waals surface area contributed by atoms with Gasteiger partial charge in [-0.25, -0.2) is 4.98 Å². The van der Waals surface area contributed by atoms with Gasteiger partial charge in [-0.15, -0.1) is 22.9 Å². The maximum Gasteiger partial charge on any atom is 0.255 e. The number of aromatic nitrogens is 1. The number of alkyl halides is 1. The summed E-state index contributed by atoms with van der Waals surface area (Å²) in [7, 11) is 0. The lowest BCUT2D eigenvalue weighted by Crippen LogP contribution is -2.20. The molecule has 0 fully saturated rings. The van der Waals surface area contributed by atoms with E-state index in [2.05, 4.69) is 4.98 Å². The average molecular weight is 283 g/mol. The summed E-state index contributed by atoms with van der Waals surface area (Å²) in [5.74, 6) is 0.457. The Balaban J connectivity index is 2.29. The third kappa shape index (κ3) is 3.00. The highest BCUT2D eigenvalue weighted by molar-refractivity contribution is 7.13. The standard InChI is InChI=1S/C12H11ClN2O2S/c13-5-8-7-18-12(15-8)9-3-1-2-4-10(9)17-6-11(14)16/h1-4,7H,5-6H2,(H2,14,16). The summed E-state index contributed by atoms with van der Waals surface area (Å²) in [6.45, 7) is -0.148. The Morgan fingerprint density at radius 1 is 1.44 bits per heavy atom. The number of primary amides is 1. The van der Waals surface area contributed by atoms with Crippen LogP contribution in [0.2, 0.25) is 0 Å². The first kappa shape index (κ1) is 12.9. The highest BCUT2D eigenvalue weighted by Gasteiger charge is 2.10. The Morgan fingerprint density at radius 2 is 2.22 bits per heavy atom. The van der Waals surface area contributed by atoms with Gasteiger partial charge in [0.1, 0.15) is 10.8 Å². The van der Waals surface area contributed by atoms with Gasteiger partial charge in [0.2, 0.25) is 0 Å². The van der Waals surface area contributed by atoms with E-state index in [0.29, 0.717) is 11.6 Å². The average Bonchev–Trinajstić information content (AvgIpc) is 2.85. The Morgan fingerprint density at radius 3 is 2.89 bits per heavy atom. The van der Waals surface area contributed by atoms with Crippen molar-refractivity contribution in [2.45, 2.75) is 5.88 Å². The first-order chi connectivity index (χ1) is 8.70. The van der Waals surface area contributed by atoms with Crippen molar-refractivity contribution in [1.29, 1.82) is 0 Å². The Kier molecular flexibility index (Phi) is 4.17. The van der Waals surface area contributed by atoms with E-state index in [4.69, 9.17) is 22.1 Å². The first-order valence-corrected chi connectivity index (χ1v) is 6.63. The van der Waals surface area contributed by atoms with Crippen LogP contribution in [0.15, 0.2) is 29.6 Å². The minimum Gasteiger partial charge on any atom is -0.483 e. The van der Waals surface area contributed by atoms with E-state index in [1.54, 1.807) is 6.07 Å². The lowest BCUT2D eigenvalue weighted by molar-refractivity contribution is -0.119. The zero-order valence-corrected chi connectivity index (χ0v) is 11.0. The lowest BCUT2D eigenvalue weighted by atomic mass is 10.2. The van der Waals surface area contributed by atoms with E-state index >= 15 is 0 Å². The van der Waals surface area contributed by atoms with E-state index in [1.807, 2.05) is 23.6 Å². The quantitative estimate of drug-likeness (QED) is 0.857. The van der Waals surface area contributed by atoms with Crippen molar-refractivity contribution < 1.29 is 9.53 Å². The molecule has 1 aromatic carbocycles. The number of ether oxygens (including phenoxy) is 1. The lowest BCUT2D eigenvalue weighted by Gasteiger charge is -2.07. The van der Waals surface area contributed by atoms with Gasteiger partial charge in [-0.05, 0) is 12.1 Å². The van der Waals surface area contributed by atoms with Crippen LogP contribution in [0.5, 0.6) is 5.75 Å². The molecule has 1 aromatic heterocycles.